The van der Waals surface area contributed by atoms with Gasteiger partial charge in [-0.15, -0.1) is 0 Å². The molecule has 0 N–H and O–H groups in total. The number of carbonyl (C=O) groups excluding carboxylic acids is 2. The van der Waals surface area contributed by atoms with Gasteiger partial charge in [0.1, 0.15) is 0 Å². The van der Waals surface area contributed by atoms with E-state index in [1.54, 1.807) is 0 Å². The van der Waals surface area contributed by atoms with Crippen LogP contribution >= 0.6 is 0 Å². The van der Waals surface area contributed by atoms with Crippen molar-refractivity contribution in [2.24, 2.45) is 23.7 Å². The summed E-state index contributed by atoms with van der Waals surface area (Å²) in [6.07, 6.45) is -11.0. The molecular formula is C13H15F5O4. The standard InChI is InChI=1S/C13H15F5O4/c1-21-11(19)7-5-2-3-6(4-5)8(7)12(20)22-9(10(14)15)13(16,17)18/h5-10H,2-4H2,1H3. The minimum absolute atomic E-state index is 0.175. The Morgan fingerprint density at radius 3 is 1.95 bits per heavy atom. The highest BCUT2D eigenvalue weighted by atomic mass is 19.4. The third-order valence-corrected chi connectivity index (χ3v) is 4.46. The van der Waals surface area contributed by atoms with Crippen molar-refractivity contribution in [3.05, 3.63) is 0 Å². The molecule has 0 radical (unpaired) electrons. The van der Waals surface area contributed by atoms with Crippen molar-refractivity contribution in [2.75, 3.05) is 7.11 Å². The van der Waals surface area contributed by atoms with Gasteiger partial charge in [-0.3, -0.25) is 9.59 Å². The molecule has 2 fully saturated rings. The molecule has 2 aliphatic carbocycles. The van der Waals surface area contributed by atoms with Gasteiger partial charge in [-0.25, -0.2) is 8.78 Å². The first-order valence-electron chi connectivity index (χ1n) is 6.80. The molecule has 0 aromatic carbocycles. The SMILES string of the molecule is COC(=O)C1C2CCC(C2)C1C(=O)OC(C(F)F)C(F)(F)F. The van der Waals surface area contributed by atoms with Crippen LogP contribution in [0.2, 0.25) is 0 Å². The van der Waals surface area contributed by atoms with Crippen LogP contribution in [0.3, 0.4) is 0 Å². The molecule has 4 nitrogen and oxygen atoms in total. The Bertz CT molecular complexity index is 450. The number of ether oxygens (including phenoxy) is 2. The third kappa shape index (κ3) is 3.03. The average molecular weight is 330 g/mol. The fraction of sp³-hybridized carbons (Fsp3) is 0.846. The van der Waals surface area contributed by atoms with Crippen LogP contribution in [0.15, 0.2) is 0 Å². The zero-order valence-electron chi connectivity index (χ0n) is 11.6. The van der Waals surface area contributed by atoms with Gasteiger partial charge in [-0.1, -0.05) is 0 Å². The molecule has 0 heterocycles. The molecule has 2 bridgehead atoms. The van der Waals surface area contributed by atoms with E-state index in [0.29, 0.717) is 19.3 Å². The summed E-state index contributed by atoms with van der Waals surface area (Å²) in [5.74, 6) is -4.67. The fourth-order valence-electron chi connectivity index (χ4n) is 3.57. The van der Waals surface area contributed by atoms with Gasteiger partial charge in [0, 0.05) is 0 Å². The Labute approximate surface area is 122 Å². The highest BCUT2D eigenvalue weighted by Crippen LogP contribution is 2.53. The molecule has 5 unspecified atom stereocenters. The summed E-state index contributed by atoms with van der Waals surface area (Å²) in [6.45, 7) is 0. The van der Waals surface area contributed by atoms with Crippen LogP contribution in [0.4, 0.5) is 22.0 Å². The number of carbonyl (C=O) groups is 2. The molecule has 0 amide bonds. The molecule has 2 saturated carbocycles. The molecule has 22 heavy (non-hydrogen) atoms. The molecule has 0 spiro atoms. The summed E-state index contributed by atoms with van der Waals surface area (Å²) in [7, 11) is 1.11. The summed E-state index contributed by atoms with van der Waals surface area (Å²) in [5, 5.41) is 0. The lowest BCUT2D eigenvalue weighted by Gasteiger charge is -2.29. The second kappa shape index (κ2) is 6.00. The molecule has 5 atom stereocenters. The smallest absolute Gasteiger partial charge is 0.431 e. The summed E-state index contributed by atoms with van der Waals surface area (Å²) >= 11 is 0. The van der Waals surface area contributed by atoms with Gasteiger partial charge >= 0.3 is 18.1 Å². The van der Waals surface area contributed by atoms with Crippen LogP contribution in [0.5, 0.6) is 0 Å². The lowest BCUT2D eigenvalue weighted by atomic mass is 9.79. The summed E-state index contributed by atoms with van der Waals surface area (Å²) in [5.41, 5.74) is 0. The summed E-state index contributed by atoms with van der Waals surface area (Å²) in [4.78, 5) is 23.7. The number of hydrogen-bond acceptors (Lipinski definition) is 4. The summed E-state index contributed by atoms with van der Waals surface area (Å²) in [6, 6.07) is 0. The second-order valence-electron chi connectivity index (χ2n) is 5.64. The van der Waals surface area contributed by atoms with Crippen molar-refractivity contribution in [2.45, 2.75) is 38.0 Å². The van der Waals surface area contributed by atoms with Crippen LogP contribution in [-0.2, 0) is 19.1 Å². The number of hydrogen-bond donors (Lipinski definition) is 0. The van der Waals surface area contributed by atoms with Gasteiger partial charge in [-0.05, 0) is 31.1 Å². The Hall–Kier alpha value is -1.41. The van der Waals surface area contributed by atoms with Crippen molar-refractivity contribution in [3.63, 3.8) is 0 Å². The number of esters is 2. The fourth-order valence-corrected chi connectivity index (χ4v) is 3.57. The largest absolute Gasteiger partial charge is 0.469 e. The van der Waals surface area contributed by atoms with Crippen LogP contribution < -0.4 is 0 Å². The van der Waals surface area contributed by atoms with Crippen molar-refractivity contribution >= 4 is 11.9 Å². The number of fused-ring (bicyclic) bond motifs is 2. The zero-order chi connectivity index (χ0) is 16.7. The Kier molecular flexibility index (Phi) is 4.62. The molecular weight excluding hydrogens is 315 g/mol. The number of alkyl halides is 5. The number of methoxy groups -OCH3 is 1. The molecule has 9 heteroatoms. The summed E-state index contributed by atoms with van der Waals surface area (Å²) < 4.78 is 70.9. The highest BCUT2D eigenvalue weighted by Gasteiger charge is 2.57. The van der Waals surface area contributed by atoms with Gasteiger partial charge in [0.25, 0.3) is 12.5 Å². The van der Waals surface area contributed by atoms with E-state index in [4.69, 9.17) is 0 Å². The maximum atomic E-state index is 12.5. The molecule has 2 aliphatic rings. The van der Waals surface area contributed by atoms with Crippen LogP contribution in [0.25, 0.3) is 0 Å². The van der Waals surface area contributed by atoms with E-state index in [-0.39, 0.29) is 11.8 Å². The molecule has 2 rings (SSSR count). The van der Waals surface area contributed by atoms with E-state index in [1.165, 1.54) is 0 Å². The number of halogens is 5. The van der Waals surface area contributed by atoms with E-state index < -0.39 is 42.5 Å². The Morgan fingerprint density at radius 2 is 1.55 bits per heavy atom. The highest BCUT2D eigenvalue weighted by molar-refractivity contribution is 5.83. The normalized spacial score (nSPS) is 32.1. The predicted molar refractivity (Wildman–Crippen MR) is 61.8 cm³/mol. The van der Waals surface area contributed by atoms with Crippen LogP contribution in [-0.4, -0.2) is 37.8 Å². The maximum Gasteiger partial charge on any atom is 0.431 e. The van der Waals surface area contributed by atoms with E-state index in [0.717, 1.165) is 7.11 Å². The molecule has 0 aromatic heterocycles. The minimum Gasteiger partial charge on any atom is -0.469 e. The van der Waals surface area contributed by atoms with E-state index in [1.807, 2.05) is 0 Å². The minimum atomic E-state index is -5.36. The third-order valence-electron chi connectivity index (χ3n) is 4.46. The van der Waals surface area contributed by atoms with Gasteiger partial charge < -0.3 is 9.47 Å². The Balaban J connectivity index is 2.15. The Morgan fingerprint density at radius 1 is 1.05 bits per heavy atom. The maximum absolute atomic E-state index is 12.5. The lowest BCUT2D eigenvalue weighted by Crippen LogP contribution is -2.44. The monoisotopic (exact) mass is 330 g/mol. The van der Waals surface area contributed by atoms with Crippen molar-refractivity contribution < 1.29 is 41.0 Å². The molecule has 0 saturated heterocycles. The second-order valence-corrected chi connectivity index (χ2v) is 5.64. The van der Waals surface area contributed by atoms with Gasteiger partial charge in [0.05, 0.1) is 18.9 Å². The van der Waals surface area contributed by atoms with E-state index in [9.17, 15) is 31.5 Å². The first kappa shape index (κ1) is 17.0. The first-order valence-corrected chi connectivity index (χ1v) is 6.80. The lowest BCUT2D eigenvalue weighted by molar-refractivity contribution is -0.252. The molecule has 0 aromatic rings. The van der Waals surface area contributed by atoms with E-state index in [2.05, 4.69) is 9.47 Å². The van der Waals surface area contributed by atoms with Gasteiger partial charge in [0.15, 0.2) is 0 Å². The van der Waals surface area contributed by atoms with E-state index >= 15 is 0 Å². The van der Waals surface area contributed by atoms with Crippen molar-refractivity contribution in [1.82, 2.24) is 0 Å². The van der Waals surface area contributed by atoms with Crippen molar-refractivity contribution in [1.29, 1.82) is 0 Å². The molecule has 126 valence electrons. The van der Waals surface area contributed by atoms with Crippen LogP contribution in [0, 0.1) is 23.7 Å². The van der Waals surface area contributed by atoms with Crippen molar-refractivity contribution in [3.8, 4) is 0 Å². The number of rotatable bonds is 4. The van der Waals surface area contributed by atoms with Gasteiger partial charge in [-0.2, -0.15) is 13.2 Å². The van der Waals surface area contributed by atoms with Gasteiger partial charge in [0.2, 0.25) is 0 Å². The predicted octanol–water partition coefficient (Wildman–Crippen LogP) is 2.56. The first-order chi connectivity index (χ1) is 10.2. The average Bonchev–Trinajstić information content (AvgIpc) is 3.02. The topological polar surface area (TPSA) is 52.6 Å². The quantitative estimate of drug-likeness (QED) is 0.587. The zero-order valence-corrected chi connectivity index (χ0v) is 11.6. The molecule has 0 aliphatic heterocycles. The van der Waals surface area contributed by atoms with Crippen LogP contribution in [0.1, 0.15) is 19.3 Å².